The molecule has 0 heterocycles. The van der Waals surface area contributed by atoms with E-state index in [0.29, 0.717) is 0 Å². The zero-order valence-electron chi connectivity index (χ0n) is 5.55. The highest BCUT2D eigenvalue weighted by atomic mass is 16.1. The topological polar surface area (TPSA) is 43.1 Å². The highest BCUT2D eigenvalue weighted by molar-refractivity contribution is 5.90. The minimum Gasteiger partial charge on any atom is -0.318 e. The largest absolute Gasteiger partial charge is 0.318 e. The van der Waals surface area contributed by atoms with Crippen molar-refractivity contribution in [2.75, 3.05) is 0 Å². The van der Waals surface area contributed by atoms with Gasteiger partial charge in [0.1, 0.15) is 5.78 Å². The van der Waals surface area contributed by atoms with Crippen LogP contribution in [0.2, 0.25) is 0 Å². The van der Waals surface area contributed by atoms with Crippen LogP contribution in [0.1, 0.15) is 13.3 Å². The molecule has 0 amide bonds. The number of rotatable bonds is 2. The Morgan fingerprint density at radius 1 is 2.00 bits per heavy atom. The number of nitrogens with two attached hydrogens (primary N) is 1. The van der Waals surface area contributed by atoms with E-state index in [-0.39, 0.29) is 11.7 Å². The van der Waals surface area contributed by atoms with Gasteiger partial charge >= 0.3 is 0 Å². The van der Waals surface area contributed by atoms with Crippen LogP contribution in [0, 0.1) is 5.92 Å². The number of ketones is 1. The average molecular weight is 125 g/mol. The molecule has 2 atom stereocenters. The summed E-state index contributed by atoms with van der Waals surface area (Å²) in [6, 6.07) is 0. The SMILES string of the molecule is C=CC1CC1(N)C(C)=O. The van der Waals surface area contributed by atoms with Crippen molar-refractivity contribution in [3.63, 3.8) is 0 Å². The third kappa shape index (κ3) is 0.793. The van der Waals surface area contributed by atoms with E-state index in [4.69, 9.17) is 5.73 Å². The lowest BCUT2D eigenvalue weighted by Crippen LogP contribution is -2.32. The van der Waals surface area contributed by atoms with Crippen LogP contribution in [0.25, 0.3) is 0 Å². The second-order valence-electron chi connectivity index (χ2n) is 2.64. The Balaban J connectivity index is 2.62. The molecule has 0 bridgehead atoms. The first-order chi connectivity index (χ1) is 4.11. The fourth-order valence-corrected chi connectivity index (χ4v) is 1.00. The Labute approximate surface area is 54.7 Å². The number of Topliss-reactive ketones (excluding diaryl/α,β-unsaturated/α-hetero) is 1. The average Bonchev–Trinajstić information content (AvgIpc) is 2.44. The molecule has 0 aromatic rings. The van der Waals surface area contributed by atoms with Crippen molar-refractivity contribution in [1.82, 2.24) is 0 Å². The maximum Gasteiger partial charge on any atom is 0.150 e. The summed E-state index contributed by atoms with van der Waals surface area (Å²) < 4.78 is 0. The van der Waals surface area contributed by atoms with Crippen molar-refractivity contribution < 1.29 is 4.79 Å². The van der Waals surface area contributed by atoms with Crippen molar-refractivity contribution in [2.24, 2.45) is 11.7 Å². The molecule has 1 fully saturated rings. The number of hydrogen-bond acceptors (Lipinski definition) is 2. The Morgan fingerprint density at radius 3 is 2.67 bits per heavy atom. The maximum absolute atomic E-state index is 10.7. The van der Waals surface area contributed by atoms with Crippen molar-refractivity contribution in [1.29, 1.82) is 0 Å². The first kappa shape index (κ1) is 6.49. The second-order valence-corrected chi connectivity index (χ2v) is 2.64. The van der Waals surface area contributed by atoms with Gasteiger partial charge in [0.25, 0.3) is 0 Å². The molecule has 50 valence electrons. The highest BCUT2D eigenvalue weighted by Crippen LogP contribution is 2.42. The van der Waals surface area contributed by atoms with Crippen molar-refractivity contribution >= 4 is 5.78 Å². The number of carbonyl (C=O) groups excluding carboxylic acids is 1. The highest BCUT2D eigenvalue weighted by Gasteiger charge is 2.52. The van der Waals surface area contributed by atoms with Gasteiger partial charge < -0.3 is 5.73 Å². The quantitative estimate of drug-likeness (QED) is 0.545. The van der Waals surface area contributed by atoms with Crippen LogP contribution < -0.4 is 5.73 Å². The normalized spacial score (nSPS) is 40.0. The van der Waals surface area contributed by atoms with Gasteiger partial charge in [-0.1, -0.05) is 6.08 Å². The summed E-state index contributed by atoms with van der Waals surface area (Å²) in [7, 11) is 0. The Bertz CT molecular complexity index is 164. The van der Waals surface area contributed by atoms with E-state index in [1.807, 2.05) is 0 Å². The molecule has 1 rings (SSSR count). The fraction of sp³-hybridized carbons (Fsp3) is 0.571. The van der Waals surface area contributed by atoms with Gasteiger partial charge in [-0.25, -0.2) is 0 Å². The molecule has 0 aliphatic heterocycles. The molecule has 0 aromatic heterocycles. The Kier molecular flexibility index (Phi) is 1.21. The Morgan fingerprint density at radius 2 is 2.56 bits per heavy atom. The van der Waals surface area contributed by atoms with Crippen LogP contribution in [-0.4, -0.2) is 11.3 Å². The minimum absolute atomic E-state index is 0.0763. The molecule has 0 radical (unpaired) electrons. The van der Waals surface area contributed by atoms with Gasteiger partial charge in [-0.15, -0.1) is 6.58 Å². The second kappa shape index (κ2) is 1.67. The lowest BCUT2D eigenvalue weighted by molar-refractivity contribution is -0.119. The summed E-state index contributed by atoms with van der Waals surface area (Å²) in [6.07, 6.45) is 2.53. The van der Waals surface area contributed by atoms with Gasteiger partial charge in [-0.05, 0) is 13.3 Å². The van der Waals surface area contributed by atoms with Crippen LogP contribution >= 0.6 is 0 Å². The zero-order valence-corrected chi connectivity index (χ0v) is 5.55. The molecule has 2 heteroatoms. The first-order valence-corrected chi connectivity index (χ1v) is 3.03. The van der Waals surface area contributed by atoms with Crippen LogP contribution in [0.5, 0.6) is 0 Å². The monoisotopic (exact) mass is 125 g/mol. The molecule has 0 saturated heterocycles. The first-order valence-electron chi connectivity index (χ1n) is 3.03. The molecule has 2 nitrogen and oxygen atoms in total. The van der Waals surface area contributed by atoms with E-state index in [9.17, 15) is 4.79 Å². The van der Waals surface area contributed by atoms with Gasteiger partial charge in [0.2, 0.25) is 0 Å². The molecule has 2 N–H and O–H groups in total. The summed E-state index contributed by atoms with van der Waals surface area (Å²) in [4.78, 5) is 10.7. The predicted octanol–water partition coefficient (Wildman–Crippen LogP) is 0.479. The van der Waals surface area contributed by atoms with Gasteiger partial charge in [0.15, 0.2) is 0 Å². The smallest absolute Gasteiger partial charge is 0.150 e. The molecular formula is C7H11NO. The summed E-state index contributed by atoms with van der Waals surface area (Å²) in [5, 5.41) is 0. The van der Waals surface area contributed by atoms with E-state index < -0.39 is 5.54 Å². The number of carbonyl (C=O) groups is 1. The lowest BCUT2D eigenvalue weighted by Gasteiger charge is -2.01. The fourth-order valence-electron chi connectivity index (χ4n) is 1.00. The summed E-state index contributed by atoms with van der Waals surface area (Å²) >= 11 is 0. The Hall–Kier alpha value is -0.630. The van der Waals surface area contributed by atoms with E-state index in [1.54, 1.807) is 6.08 Å². The summed E-state index contributed by atoms with van der Waals surface area (Å²) in [5.74, 6) is 0.308. The van der Waals surface area contributed by atoms with Crippen LogP contribution in [0.4, 0.5) is 0 Å². The molecule has 0 aromatic carbocycles. The van der Waals surface area contributed by atoms with E-state index in [0.717, 1.165) is 6.42 Å². The zero-order chi connectivity index (χ0) is 7.07. The van der Waals surface area contributed by atoms with Crippen molar-refractivity contribution in [3.8, 4) is 0 Å². The molecule has 1 aliphatic carbocycles. The molecule has 1 saturated carbocycles. The van der Waals surface area contributed by atoms with Crippen molar-refractivity contribution in [2.45, 2.75) is 18.9 Å². The summed E-state index contributed by atoms with van der Waals surface area (Å²) in [6.45, 7) is 5.10. The molecule has 2 unspecified atom stereocenters. The van der Waals surface area contributed by atoms with E-state index >= 15 is 0 Å². The predicted molar refractivity (Wildman–Crippen MR) is 35.9 cm³/mol. The molecule has 0 spiro atoms. The van der Waals surface area contributed by atoms with Crippen molar-refractivity contribution in [3.05, 3.63) is 12.7 Å². The van der Waals surface area contributed by atoms with E-state index in [1.165, 1.54) is 6.92 Å². The minimum atomic E-state index is -0.540. The molecular weight excluding hydrogens is 114 g/mol. The third-order valence-electron chi connectivity index (χ3n) is 2.00. The van der Waals surface area contributed by atoms with Gasteiger partial charge in [0, 0.05) is 5.92 Å². The summed E-state index contributed by atoms with van der Waals surface area (Å²) in [5.41, 5.74) is 5.08. The van der Waals surface area contributed by atoms with Gasteiger partial charge in [-0.3, -0.25) is 4.79 Å². The molecule has 1 aliphatic rings. The lowest BCUT2D eigenvalue weighted by atomic mass is 10.1. The van der Waals surface area contributed by atoms with Gasteiger partial charge in [-0.2, -0.15) is 0 Å². The molecule has 9 heavy (non-hydrogen) atoms. The van der Waals surface area contributed by atoms with E-state index in [2.05, 4.69) is 6.58 Å². The van der Waals surface area contributed by atoms with Crippen LogP contribution in [0.3, 0.4) is 0 Å². The third-order valence-corrected chi connectivity index (χ3v) is 2.00. The standard InChI is InChI=1S/C7H11NO/c1-3-6-4-7(6,8)5(2)9/h3,6H,1,4,8H2,2H3. The number of hydrogen-bond donors (Lipinski definition) is 1. The van der Waals surface area contributed by atoms with Gasteiger partial charge in [0.05, 0.1) is 5.54 Å². The van der Waals surface area contributed by atoms with Crippen LogP contribution in [0.15, 0.2) is 12.7 Å². The van der Waals surface area contributed by atoms with Crippen LogP contribution in [-0.2, 0) is 4.79 Å². The maximum atomic E-state index is 10.7.